The highest BCUT2D eigenvalue weighted by Gasteiger charge is 2.01. The van der Waals surface area contributed by atoms with E-state index in [-0.39, 0.29) is 0 Å². The van der Waals surface area contributed by atoms with Crippen molar-refractivity contribution in [2.75, 3.05) is 18.2 Å². The van der Waals surface area contributed by atoms with Gasteiger partial charge < -0.3 is 15.8 Å². The van der Waals surface area contributed by atoms with E-state index in [4.69, 9.17) is 10.5 Å². The number of benzene rings is 2. The number of nitrogens with one attached hydrogen (secondary N) is 1. The monoisotopic (exact) mass is 306 g/mol. The van der Waals surface area contributed by atoms with Crippen molar-refractivity contribution in [1.29, 1.82) is 0 Å². The first-order chi connectivity index (χ1) is 8.69. The minimum atomic E-state index is 0.601. The first kappa shape index (κ1) is 12.9. The van der Waals surface area contributed by atoms with E-state index < -0.39 is 0 Å². The molecule has 0 aliphatic carbocycles. The number of nitrogens with two attached hydrogens (primary N) is 1. The molecule has 0 heterocycles. The highest BCUT2D eigenvalue weighted by molar-refractivity contribution is 9.10. The molecule has 2 aromatic carbocycles. The van der Waals surface area contributed by atoms with Crippen molar-refractivity contribution in [1.82, 2.24) is 0 Å². The van der Waals surface area contributed by atoms with Crippen LogP contribution in [0.2, 0.25) is 0 Å². The Balaban J connectivity index is 2.22. The van der Waals surface area contributed by atoms with E-state index in [1.54, 1.807) is 7.11 Å². The van der Waals surface area contributed by atoms with E-state index in [2.05, 4.69) is 21.2 Å². The van der Waals surface area contributed by atoms with Crippen molar-refractivity contribution in [2.45, 2.75) is 6.61 Å². The minimum Gasteiger partial charge on any atom is -0.397 e. The van der Waals surface area contributed by atoms with Crippen LogP contribution in [0.4, 0.5) is 17.1 Å². The van der Waals surface area contributed by atoms with Crippen LogP contribution in [0.1, 0.15) is 5.56 Å². The predicted octanol–water partition coefficient (Wildman–Crippen LogP) is 3.92. The Morgan fingerprint density at radius 3 is 2.83 bits per heavy atom. The molecule has 2 aromatic rings. The molecule has 0 aliphatic heterocycles. The molecular formula is C14H15BrN2O. The predicted molar refractivity (Wildman–Crippen MR) is 79.0 cm³/mol. The molecule has 0 radical (unpaired) electrons. The van der Waals surface area contributed by atoms with Crippen LogP contribution in [0.15, 0.2) is 46.9 Å². The summed E-state index contributed by atoms with van der Waals surface area (Å²) in [5.41, 5.74) is 9.65. The van der Waals surface area contributed by atoms with Crippen LogP contribution in [-0.2, 0) is 11.3 Å². The molecule has 0 amide bonds. The maximum atomic E-state index is 5.93. The smallest absolute Gasteiger partial charge is 0.0713 e. The SMILES string of the molecule is COCc1cccc(Nc2cc(Br)ccc2N)c1. The van der Waals surface area contributed by atoms with E-state index in [9.17, 15) is 0 Å². The lowest BCUT2D eigenvalue weighted by molar-refractivity contribution is 0.185. The zero-order chi connectivity index (χ0) is 13.0. The van der Waals surface area contributed by atoms with Crippen LogP contribution in [0.5, 0.6) is 0 Å². The first-order valence-electron chi connectivity index (χ1n) is 5.59. The molecule has 0 saturated carbocycles. The minimum absolute atomic E-state index is 0.601. The summed E-state index contributed by atoms with van der Waals surface area (Å²) in [6.45, 7) is 0.601. The summed E-state index contributed by atoms with van der Waals surface area (Å²) in [5.74, 6) is 0. The second-order valence-corrected chi connectivity index (χ2v) is 4.91. The Bertz CT molecular complexity index is 543. The molecule has 0 fully saturated rings. The molecule has 4 heteroatoms. The van der Waals surface area contributed by atoms with Crippen LogP contribution < -0.4 is 11.1 Å². The maximum Gasteiger partial charge on any atom is 0.0713 e. The van der Waals surface area contributed by atoms with Gasteiger partial charge in [0.25, 0.3) is 0 Å². The number of halogens is 1. The van der Waals surface area contributed by atoms with Gasteiger partial charge in [-0.05, 0) is 35.9 Å². The molecule has 18 heavy (non-hydrogen) atoms. The summed E-state index contributed by atoms with van der Waals surface area (Å²) in [6, 6.07) is 13.8. The molecule has 0 bridgehead atoms. The highest BCUT2D eigenvalue weighted by Crippen LogP contribution is 2.27. The van der Waals surface area contributed by atoms with Crippen LogP contribution in [0.3, 0.4) is 0 Å². The van der Waals surface area contributed by atoms with Crippen molar-refractivity contribution >= 4 is 33.0 Å². The number of hydrogen-bond acceptors (Lipinski definition) is 3. The van der Waals surface area contributed by atoms with Crippen molar-refractivity contribution in [3.8, 4) is 0 Å². The number of rotatable bonds is 4. The maximum absolute atomic E-state index is 5.93. The van der Waals surface area contributed by atoms with Gasteiger partial charge >= 0.3 is 0 Å². The van der Waals surface area contributed by atoms with Crippen molar-refractivity contribution in [2.24, 2.45) is 0 Å². The van der Waals surface area contributed by atoms with E-state index in [0.29, 0.717) is 6.61 Å². The van der Waals surface area contributed by atoms with Gasteiger partial charge in [0.1, 0.15) is 0 Å². The van der Waals surface area contributed by atoms with E-state index >= 15 is 0 Å². The summed E-state index contributed by atoms with van der Waals surface area (Å²) < 4.78 is 6.11. The fourth-order valence-electron chi connectivity index (χ4n) is 1.70. The molecule has 0 saturated heterocycles. The average molecular weight is 307 g/mol. The average Bonchev–Trinajstić information content (AvgIpc) is 2.35. The van der Waals surface area contributed by atoms with Gasteiger partial charge in [0.2, 0.25) is 0 Å². The molecule has 2 rings (SSSR count). The molecule has 3 N–H and O–H groups in total. The quantitative estimate of drug-likeness (QED) is 0.842. The van der Waals surface area contributed by atoms with Gasteiger partial charge in [-0.2, -0.15) is 0 Å². The lowest BCUT2D eigenvalue weighted by atomic mass is 10.2. The molecule has 0 atom stereocenters. The van der Waals surface area contributed by atoms with E-state index in [1.165, 1.54) is 0 Å². The van der Waals surface area contributed by atoms with Gasteiger partial charge in [-0.25, -0.2) is 0 Å². The van der Waals surface area contributed by atoms with Crippen LogP contribution in [0.25, 0.3) is 0 Å². The highest BCUT2D eigenvalue weighted by atomic mass is 79.9. The van der Waals surface area contributed by atoms with Crippen molar-refractivity contribution in [3.05, 3.63) is 52.5 Å². The lowest BCUT2D eigenvalue weighted by Gasteiger charge is -2.11. The standard InChI is InChI=1S/C14H15BrN2O/c1-18-9-10-3-2-4-12(7-10)17-14-8-11(15)5-6-13(14)16/h2-8,17H,9,16H2,1H3. The second kappa shape index (κ2) is 5.89. The molecule has 0 spiro atoms. The molecule has 0 unspecified atom stereocenters. The first-order valence-corrected chi connectivity index (χ1v) is 6.38. The van der Waals surface area contributed by atoms with E-state index in [0.717, 1.165) is 27.1 Å². The Morgan fingerprint density at radius 1 is 1.22 bits per heavy atom. The number of hydrogen-bond donors (Lipinski definition) is 2. The van der Waals surface area contributed by atoms with Gasteiger partial charge in [0, 0.05) is 17.3 Å². The summed E-state index contributed by atoms with van der Waals surface area (Å²) in [6.07, 6.45) is 0. The fraction of sp³-hybridized carbons (Fsp3) is 0.143. The molecular weight excluding hydrogens is 292 g/mol. The summed E-state index contributed by atoms with van der Waals surface area (Å²) in [7, 11) is 1.69. The van der Waals surface area contributed by atoms with Gasteiger partial charge in [0.05, 0.1) is 18.0 Å². The van der Waals surface area contributed by atoms with Gasteiger partial charge in [-0.15, -0.1) is 0 Å². The molecule has 0 aromatic heterocycles. The third-order valence-electron chi connectivity index (χ3n) is 2.53. The third-order valence-corrected chi connectivity index (χ3v) is 3.03. The Labute approximate surface area is 115 Å². The molecule has 0 aliphatic rings. The third kappa shape index (κ3) is 3.24. The van der Waals surface area contributed by atoms with Gasteiger partial charge in [-0.1, -0.05) is 28.1 Å². The number of ether oxygens (including phenoxy) is 1. The summed E-state index contributed by atoms with van der Waals surface area (Å²) in [5, 5.41) is 3.30. The van der Waals surface area contributed by atoms with E-state index in [1.807, 2.05) is 42.5 Å². The van der Waals surface area contributed by atoms with Crippen LogP contribution >= 0.6 is 15.9 Å². The zero-order valence-corrected chi connectivity index (χ0v) is 11.7. The topological polar surface area (TPSA) is 47.3 Å². The second-order valence-electron chi connectivity index (χ2n) is 3.99. The Morgan fingerprint density at radius 2 is 2.06 bits per heavy atom. The number of anilines is 3. The lowest BCUT2D eigenvalue weighted by Crippen LogP contribution is -1.97. The zero-order valence-electron chi connectivity index (χ0n) is 10.1. The van der Waals surface area contributed by atoms with Crippen molar-refractivity contribution in [3.63, 3.8) is 0 Å². The Hall–Kier alpha value is -1.52. The Kier molecular flexibility index (Phi) is 4.23. The number of methoxy groups -OCH3 is 1. The fourth-order valence-corrected chi connectivity index (χ4v) is 2.06. The van der Waals surface area contributed by atoms with Crippen LogP contribution in [-0.4, -0.2) is 7.11 Å². The van der Waals surface area contributed by atoms with Crippen LogP contribution in [0, 0.1) is 0 Å². The van der Waals surface area contributed by atoms with Crippen molar-refractivity contribution < 1.29 is 4.74 Å². The summed E-state index contributed by atoms with van der Waals surface area (Å²) in [4.78, 5) is 0. The molecule has 94 valence electrons. The van der Waals surface area contributed by atoms with Gasteiger partial charge in [0.15, 0.2) is 0 Å². The largest absolute Gasteiger partial charge is 0.397 e. The summed E-state index contributed by atoms with van der Waals surface area (Å²) >= 11 is 3.43. The normalized spacial score (nSPS) is 10.3. The molecule has 3 nitrogen and oxygen atoms in total. The van der Waals surface area contributed by atoms with Gasteiger partial charge in [-0.3, -0.25) is 0 Å². The number of nitrogen functional groups attached to an aromatic ring is 1.